The second-order valence-electron chi connectivity index (χ2n) is 6.40. The fourth-order valence-electron chi connectivity index (χ4n) is 2.63. The third-order valence-corrected chi connectivity index (χ3v) is 7.19. The molecular weight excluding hydrogens is 408 g/mol. The van der Waals surface area contributed by atoms with Crippen molar-refractivity contribution in [3.8, 4) is 10.6 Å². The monoisotopic (exact) mass is 426 g/mol. The van der Waals surface area contributed by atoms with E-state index < -0.39 is 0 Å². The summed E-state index contributed by atoms with van der Waals surface area (Å²) in [6.07, 6.45) is 0. The zero-order valence-electron chi connectivity index (χ0n) is 15.6. The maximum atomic E-state index is 12.4. The second kappa shape index (κ2) is 7.98. The summed E-state index contributed by atoms with van der Waals surface area (Å²) in [5.74, 6) is -0.0546. The average molecular weight is 427 g/mol. The highest BCUT2D eigenvalue weighted by atomic mass is 32.2. The molecule has 0 aliphatic carbocycles. The van der Waals surface area contributed by atoms with Gasteiger partial charge in [-0.1, -0.05) is 29.2 Å². The van der Waals surface area contributed by atoms with Crippen LogP contribution in [0.5, 0.6) is 0 Å². The molecular formula is C20H18N4OS3. The molecule has 2 aromatic heterocycles. The zero-order chi connectivity index (χ0) is 19.7. The Balaban J connectivity index is 1.44. The molecule has 28 heavy (non-hydrogen) atoms. The van der Waals surface area contributed by atoms with Gasteiger partial charge in [0.15, 0.2) is 4.34 Å². The molecule has 0 bridgehead atoms. The lowest BCUT2D eigenvalue weighted by atomic mass is 10.2. The van der Waals surface area contributed by atoms with Gasteiger partial charge in [0.1, 0.15) is 10.0 Å². The van der Waals surface area contributed by atoms with Gasteiger partial charge in [0, 0.05) is 11.3 Å². The van der Waals surface area contributed by atoms with Crippen molar-refractivity contribution in [1.29, 1.82) is 0 Å². The van der Waals surface area contributed by atoms with Crippen LogP contribution < -0.4 is 5.32 Å². The van der Waals surface area contributed by atoms with Crippen molar-refractivity contribution in [2.45, 2.75) is 30.4 Å². The minimum atomic E-state index is -0.250. The maximum Gasteiger partial charge on any atom is 0.237 e. The van der Waals surface area contributed by atoms with Gasteiger partial charge < -0.3 is 5.32 Å². The summed E-state index contributed by atoms with van der Waals surface area (Å²) < 4.78 is 1.99. The van der Waals surface area contributed by atoms with Crippen LogP contribution in [0.25, 0.3) is 20.8 Å². The van der Waals surface area contributed by atoms with Crippen molar-refractivity contribution in [2.75, 3.05) is 5.32 Å². The minimum absolute atomic E-state index is 0.0546. The van der Waals surface area contributed by atoms with Crippen LogP contribution in [0.4, 0.5) is 5.69 Å². The van der Waals surface area contributed by atoms with E-state index in [-0.39, 0.29) is 11.2 Å². The van der Waals surface area contributed by atoms with Crippen LogP contribution in [0.3, 0.4) is 0 Å². The number of anilines is 1. The summed E-state index contributed by atoms with van der Waals surface area (Å²) in [5.41, 5.74) is 4.06. The first kappa shape index (κ1) is 19.0. The van der Waals surface area contributed by atoms with Gasteiger partial charge in [-0.05, 0) is 62.7 Å². The van der Waals surface area contributed by atoms with Gasteiger partial charge in [-0.3, -0.25) is 4.79 Å². The van der Waals surface area contributed by atoms with Crippen molar-refractivity contribution in [3.63, 3.8) is 0 Å². The Labute approximate surface area is 175 Å². The molecule has 5 nitrogen and oxygen atoms in total. The lowest BCUT2D eigenvalue weighted by Gasteiger charge is -2.10. The van der Waals surface area contributed by atoms with Crippen LogP contribution >= 0.6 is 34.4 Å². The molecule has 2 aromatic carbocycles. The first-order chi connectivity index (χ1) is 13.5. The van der Waals surface area contributed by atoms with E-state index in [9.17, 15) is 4.79 Å². The molecule has 1 atom stereocenters. The number of aryl methyl sites for hydroxylation is 2. The largest absolute Gasteiger partial charge is 0.325 e. The number of nitrogens with one attached hydrogen (secondary N) is 1. The van der Waals surface area contributed by atoms with Gasteiger partial charge in [-0.2, -0.15) is 0 Å². The lowest BCUT2D eigenvalue weighted by molar-refractivity contribution is -0.115. The summed E-state index contributed by atoms with van der Waals surface area (Å²) in [7, 11) is 0. The third-order valence-electron chi connectivity index (χ3n) is 4.10. The molecule has 0 spiro atoms. The van der Waals surface area contributed by atoms with Gasteiger partial charge in [-0.15, -0.1) is 21.5 Å². The highest BCUT2D eigenvalue weighted by molar-refractivity contribution is 8.02. The molecule has 1 unspecified atom stereocenters. The molecule has 4 aromatic rings. The van der Waals surface area contributed by atoms with Gasteiger partial charge in [0.25, 0.3) is 0 Å². The smallest absolute Gasteiger partial charge is 0.237 e. The van der Waals surface area contributed by atoms with E-state index >= 15 is 0 Å². The van der Waals surface area contributed by atoms with E-state index in [1.165, 1.54) is 33.4 Å². The topological polar surface area (TPSA) is 67.8 Å². The number of benzene rings is 2. The average Bonchev–Trinajstić information content (AvgIpc) is 3.27. The summed E-state index contributed by atoms with van der Waals surface area (Å²) in [4.78, 5) is 17.1. The minimum Gasteiger partial charge on any atom is -0.325 e. The van der Waals surface area contributed by atoms with E-state index in [0.717, 1.165) is 31.1 Å². The van der Waals surface area contributed by atoms with Crippen molar-refractivity contribution in [2.24, 2.45) is 0 Å². The molecule has 0 saturated carbocycles. The normalized spacial score (nSPS) is 12.2. The number of fused-ring (bicyclic) bond motifs is 1. The highest BCUT2D eigenvalue weighted by Gasteiger charge is 2.17. The van der Waals surface area contributed by atoms with Crippen LogP contribution in [-0.2, 0) is 4.79 Å². The Morgan fingerprint density at radius 2 is 1.86 bits per heavy atom. The Bertz CT molecular complexity index is 1130. The van der Waals surface area contributed by atoms with Crippen molar-refractivity contribution < 1.29 is 4.79 Å². The zero-order valence-corrected chi connectivity index (χ0v) is 18.0. The van der Waals surface area contributed by atoms with Gasteiger partial charge in [-0.25, -0.2) is 4.98 Å². The van der Waals surface area contributed by atoms with Gasteiger partial charge in [0.2, 0.25) is 5.91 Å². The maximum absolute atomic E-state index is 12.4. The Morgan fingerprint density at radius 3 is 2.57 bits per heavy atom. The number of carbonyl (C=O) groups is 1. The lowest BCUT2D eigenvalue weighted by Crippen LogP contribution is -2.22. The van der Waals surface area contributed by atoms with Crippen molar-refractivity contribution >= 4 is 56.2 Å². The summed E-state index contributed by atoms with van der Waals surface area (Å²) in [6, 6.07) is 14.1. The molecule has 2 heterocycles. The van der Waals surface area contributed by atoms with Crippen LogP contribution in [0.15, 0.2) is 46.8 Å². The number of thioether (sulfide) groups is 1. The first-order valence-electron chi connectivity index (χ1n) is 8.73. The Morgan fingerprint density at radius 1 is 1.07 bits per heavy atom. The summed E-state index contributed by atoms with van der Waals surface area (Å²) in [5, 5.41) is 12.6. The molecule has 8 heteroatoms. The second-order valence-corrected chi connectivity index (χ2v) is 10.2. The first-order valence-corrected chi connectivity index (χ1v) is 11.2. The Hall–Kier alpha value is -2.29. The predicted octanol–water partition coefficient (Wildman–Crippen LogP) is 5.55. The van der Waals surface area contributed by atoms with Crippen LogP contribution in [-0.4, -0.2) is 26.3 Å². The molecule has 0 aliphatic rings. The molecule has 0 radical (unpaired) electrons. The van der Waals surface area contributed by atoms with Gasteiger partial charge >= 0.3 is 0 Å². The molecule has 1 N–H and O–H groups in total. The van der Waals surface area contributed by atoms with Crippen molar-refractivity contribution in [3.05, 3.63) is 53.0 Å². The molecule has 0 aliphatic heterocycles. The number of amides is 1. The fraction of sp³-hybridized carbons (Fsp3) is 0.200. The van der Waals surface area contributed by atoms with E-state index in [1.54, 1.807) is 11.3 Å². The summed E-state index contributed by atoms with van der Waals surface area (Å²) >= 11 is 4.60. The molecule has 4 rings (SSSR count). The number of aromatic nitrogens is 3. The van der Waals surface area contributed by atoms with Crippen molar-refractivity contribution in [1.82, 2.24) is 15.2 Å². The number of thiazole rings is 1. The number of hydrogen-bond donors (Lipinski definition) is 1. The van der Waals surface area contributed by atoms with Crippen LogP contribution in [0.2, 0.25) is 0 Å². The third kappa shape index (κ3) is 4.24. The number of nitrogens with zero attached hydrogens (tertiary/aromatic N) is 3. The standard InChI is InChI=1S/C20H18N4OS3/c1-11-4-9-16-17(10-11)28-19(22-16)14-5-7-15(8-6-14)21-18(25)12(2)26-20-24-23-13(3)27-20/h4-10,12H,1-3H3,(H,21,25). The van der Waals surface area contributed by atoms with Gasteiger partial charge in [0.05, 0.1) is 15.5 Å². The van der Waals surface area contributed by atoms with E-state index in [0.29, 0.717) is 0 Å². The Kier molecular flexibility index (Phi) is 5.43. The predicted molar refractivity (Wildman–Crippen MR) is 118 cm³/mol. The number of rotatable bonds is 5. The SMILES string of the molecule is Cc1ccc2nc(-c3ccc(NC(=O)C(C)Sc4nnc(C)s4)cc3)sc2c1. The van der Waals surface area contributed by atoms with Crippen LogP contribution in [0, 0.1) is 13.8 Å². The van der Waals surface area contributed by atoms with Crippen LogP contribution in [0.1, 0.15) is 17.5 Å². The molecule has 1 amide bonds. The highest BCUT2D eigenvalue weighted by Crippen LogP contribution is 2.31. The van der Waals surface area contributed by atoms with E-state index in [2.05, 4.69) is 40.6 Å². The molecule has 142 valence electrons. The summed E-state index contributed by atoms with van der Waals surface area (Å²) in [6.45, 7) is 5.86. The quantitative estimate of drug-likeness (QED) is 0.424. The fourth-order valence-corrected chi connectivity index (χ4v) is 5.66. The molecule has 0 fully saturated rings. The van der Waals surface area contributed by atoms with E-state index in [4.69, 9.17) is 4.98 Å². The number of hydrogen-bond acceptors (Lipinski definition) is 7. The van der Waals surface area contributed by atoms with E-state index in [1.807, 2.05) is 38.1 Å². The number of carbonyl (C=O) groups excluding carboxylic acids is 1. The molecule has 0 saturated heterocycles.